The van der Waals surface area contributed by atoms with Crippen molar-refractivity contribution >= 4 is 16.7 Å². The maximum Gasteiger partial charge on any atom is 0.317 e. The van der Waals surface area contributed by atoms with E-state index in [1.807, 2.05) is 57.2 Å². The van der Waals surface area contributed by atoms with Crippen molar-refractivity contribution in [1.82, 2.24) is 0 Å². The highest BCUT2D eigenvalue weighted by atomic mass is 16.7. The Morgan fingerprint density at radius 1 is 0.778 bits per heavy atom. The Morgan fingerprint density at radius 3 is 1.93 bits per heavy atom. The van der Waals surface area contributed by atoms with Gasteiger partial charge in [0.2, 0.25) is 0 Å². The number of rotatable bonds is 13. The van der Waals surface area contributed by atoms with Crippen molar-refractivity contribution in [2.45, 2.75) is 125 Å². The first-order valence-corrected chi connectivity index (χ1v) is 17.2. The van der Waals surface area contributed by atoms with Crippen molar-refractivity contribution in [2.24, 2.45) is 10.8 Å². The van der Waals surface area contributed by atoms with E-state index in [9.17, 15) is 4.79 Å². The molecule has 4 rings (SSSR count). The fraction of sp³-hybridized carbons (Fsp3) is 0.575. The molecule has 0 aromatic heterocycles. The lowest BCUT2D eigenvalue weighted by molar-refractivity contribution is -0.147. The van der Waals surface area contributed by atoms with E-state index in [0.717, 1.165) is 35.1 Å². The Morgan fingerprint density at radius 2 is 1.36 bits per heavy atom. The Balaban J connectivity index is 0.00000130. The molecule has 1 fully saturated rings. The van der Waals surface area contributed by atoms with Crippen molar-refractivity contribution in [1.29, 1.82) is 0 Å². The highest BCUT2D eigenvalue weighted by Crippen LogP contribution is 2.38. The van der Waals surface area contributed by atoms with Gasteiger partial charge in [-0.2, -0.15) is 0 Å². The topological polar surface area (TPSA) is 54.0 Å². The zero-order valence-corrected chi connectivity index (χ0v) is 29.2. The minimum absolute atomic E-state index is 0.0394. The Kier molecular flexibility index (Phi) is 14.2. The molecule has 248 valence electrons. The molecule has 45 heavy (non-hydrogen) atoms. The van der Waals surface area contributed by atoms with Crippen molar-refractivity contribution in [3.05, 3.63) is 66.2 Å². The third-order valence-corrected chi connectivity index (χ3v) is 8.65. The van der Waals surface area contributed by atoms with Crippen molar-refractivity contribution in [3.63, 3.8) is 0 Å². The van der Waals surface area contributed by atoms with E-state index in [-0.39, 0.29) is 11.4 Å². The summed E-state index contributed by atoms with van der Waals surface area (Å²) < 4.78 is 23.5. The zero-order valence-electron chi connectivity index (χ0n) is 29.2. The Labute approximate surface area is 273 Å². The van der Waals surface area contributed by atoms with Crippen LogP contribution in [-0.2, 0) is 9.53 Å². The molecular formula is C40H58O5. The predicted molar refractivity (Wildman–Crippen MR) is 186 cm³/mol. The number of fused-ring (bicyclic) bond motifs is 1. The van der Waals surface area contributed by atoms with Crippen molar-refractivity contribution in [2.75, 3.05) is 13.2 Å². The van der Waals surface area contributed by atoms with Crippen LogP contribution in [0.4, 0.5) is 0 Å². The summed E-state index contributed by atoms with van der Waals surface area (Å²) in [5, 5.41) is 1.98. The number of ether oxygens (including phenoxy) is 4. The monoisotopic (exact) mass is 618 g/mol. The molecule has 0 amide bonds. The molecule has 0 spiro atoms. The third-order valence-electron chi connectivity index (χ3n) is 8.65. The fourth-order valence-corrected chi connectivity index (χ4v) is 5.95. The normalized spacial score (nSPS) is 15.8. The standard InChI is InChI=1S/C36H48O5.C4H10/c1-7-36(6,25-35(3,4)5)34(37)41-33-20-16-29-23-32(19-15-30(29)24-33)40-26(2)38-21-22-39-31-17-13-28(14-18-31)27-11-9-8-10-12-27;1-3-4-2/h13-20,23-24,26-27H,7-12,21-22,25H2,1-6H3;3-4H2,1-2H3. The number of benzene rings is 3. The lowest BCUT2D eigenvalue weighted by Crippen LogP contribution is -2.35. The number of hydrogen-bond acceptors (Lipinski definition) is 5. The van der Waals surface area contributed by atoms with Gasteiger partial charge < -0.3 is 18.9 Å². The molecule has 2 atom stereocenters. The van der Waals surface area contributed by atoms with Gasteiger partial charge in [0.1, 0.15) is 23.9 Å². The average Bonchev–Trinajstić information content (AvgIpc) is 3.03. The number of carbonyl (C=O) groups excluding carboxylic acids is 1. The molecule has 1 aliphatic rings. The average molecular weight is 619 g/mol. The molecule has 0 aliphatic heterocycles. The van der Waals surface area contributed by atoms with E-state index >= 15 is 0 Å². The van der Waals surface area contributed by atoms with E-state index < -0.39 is 11.7 Å². The smallest absolute Gasteiger partial charge is 0.317 e. The van der Waals surface area contributed by atoms with E-state index in [1.54, 1.807) is 0 Å². The van der Waals surface area contributed by atoms with Gasteiger partial charge in [0.15, 0.2) is 6.29 Å². The molecule has 5 nitrogen and oxygen atoms in total. The van der Waals surface area contributed by atoms with Gasteiger partial charge in [-0.15, -0.1) is 0 Å². The Bertz CT molecular complexity index is 1300. The summed E-state index contributed by atoms with van der Waals surface area (Å²) in [6.45, 7) is 17.6. The minimum Gasteiger partial charge on any atom is -0.491 e. The fourth-order valence-electron chi connectivity index (χ4n) is 5.95. The summed E-state index contributed by atoms with van der Waals surface area (Å²) in [4.78, 5) is 13.1. The highest BCUT2D eigenvalue weighted by molar-refractivity contribution is 5.86. The number of esters is 1. The van der Waals surface area contributed by atoms with Gasteiger partial charge in [0.05, 0.1) is 12.0 Å². The van der Waals surface area contributed by atoms with Crippen LogP contribution in [0.2, 0.25) is 0 Å². The number of hydrogen-bond donors (Lipinski definition) is 0. The number of unbranched alkanes of at least 4 members (excludes halogenated alkanes) is 1. The van der Waals surface area contributed by atoms with Crippen molar-refractivity contribution < 1.29 is 23.7 Å². The summed E-state index contributed by atoms with van der Waals surface area (Å²) in [6, 6.07) is 20.1. The first-order valence-electron chi connectivity index (χ1n) is 17.2. The molecule has 3 aromatic carbocycles. The molecule has 0 bridgehead atoms. The maximum absolute atomic E-state index is 13.1. The van der Waals surface area contributed by atoms with Gasteiger partial charge in [0.25, 0.3) is 0 Å². The molecular weight excluding hydrogens is 560 g/mol. The largest absolute Gasteiger partial charge is 0.491 e. The van der Waals surface area contributed by atoms with Gasteiger partial charge in [-0.05, 0) is 104 Å². The summed E-state index contributed by atoms with van der Waals surface area (Å²) >= 11 is 0. The molecule has 0 N–H and O–H groups in total. The van der Waals surface area contributed by atoms with Crippen LogP contribution < -0.4 is 14.2 Å². The molecule has 0 saturated heterocycles. The molecule has 1 aliphatic carbocycles. The first kappa shape index (κ1) is 36.4. The quantitative estimate of drug-likeness (QED) is 0.0825. The summed E-state index contributed by atoms with van der Waals surface area (Å²) in [5.41, 5.74) is 0.946. The third kappa shape index (κ3) is 12.0. The van der Waals surface area contributed by atoms with E-state index in [2.05, 4.69) is 58.9 Å². The minimum atomic E-state index is -0.523. The molecule has 3 aromatic rings. The van der Waals surface area contributed by atoms with Gasteiger partial charge >= 0.3 is 5.97 Å². The van der Waals surface area contributed by atoms with Crippen LogP contribution in [0.25, 0.3) is 10.8 Å². The number of carbonyl (C=O) groups is 1. The van der Waals surface area contributed by atoms with Gasteiger partial charge in [-0.3, -0.25) is 4.79 Å². The second-order valence-electron chi connectivity index (χ2n) is 14.0. The Hall–Kier alpha value is -3.05. The van der Waals surface area contributed by atoms with Crippen molar-refractivity contribution in [3.8, 4) is 17.2 Å². The molecule has 5 heteroatoms. The van der Waals surface area contributed by atoms with Gasteiger partial charge in [0, 0.05) is 0 Å². The molecule has 0 heterocycles. The second kappa shape index (κ2) is 17.6. The van der Waals surface area contributed by atoms with Crippen LogP contribution in [0.15, 0.2) is 60.7 Å². The van der Waals surface area contributed by atoms with Gasteiger partial charge in [-0.1, -0.05) is 97.9 Å². The zero-order chi connectivity index (χ0) is 32.9. The van der Waals surface area contributed by atoms with E-state index in [4.69, 9.17) is 18.9 Å². The summed E-state index contributed by atoms with van der Waals surface area (Å²) in [6.07, 6.45) is 10.4. The van der Waals surface area contributed by atoms with Crippen LogP contribution in [0.5, 0.6) is 17.2 Å². The molecule has 0 radical (unpaired) electrons. The van der Waals surface area contributed by atoms with Crippen LogP contribution >= 0.6 is 0 Å². The lowest BCUT2D eigenvalue weighted by Gasteiger charge is -2.32. The van der Waals surface area contributed by atoms with E-state index in [0.29, 0.717) is 24.9 Å². The molecule has 1 saturated carbocycles. The highest BCUT2D eigenvalue weighted by Gasteiger charge is 2.37. The maximum atomic E-state index is 13.1. The van der Waals surface area contributed by atoms with Crippen LogP contribution in [0.3, 0.4) is 0 Å². The summed E-state index contributed by atoms with van der Waals surface area (Å²) in [5.74, 6) is 2.67. The second-order valence-corrected chi connectivity index (χ2v) is 14.0. The lowest BCUT2D eigenvalue weighted by atomic mass is 9.73. The van der Waals surface area contributed by atoms with Crippen LogP contribution in [-0.4, -0.2) is 25.5 Å². The van der Waals surface area contributed by atoms with Crippen LogP contribution in [0.1, 0.15) is 125 Å². The van der Waals surface area contributed by atoms with Crippen LogP contribution in [0, 0.1) is 10.8 Å². The SMILES string of the molecule is CCC(C)(CC(C)(C)C)C(=O)Oc1ccc2cc(OC(C)OCCOc3ccc(C4CCCCC4)cc3)ccc2c1.CCCC. The summed E-state index contributed by atoms with van der Waals surface area (Å²) in [7, 11) is 0. The first-order chi connectivity index (χ1) is 21.5. The van der Waals surface area contributed by atoms with E-state index in [1.165, 1.54) is 50.5 Å². The predicted octanol–water partition coefficient (Wildman–Crippen LogP) is 11.3. The van der Waals surface area contributed by atoms with Gasteiger partial charge in [-0.25, -0.2) is 0 Å². The molecule has 2 unspecified atom stereocenters.